The first-order chi connectivity index (χ1) is 10.3. The van der Waals surface area contributed by atoms with Gasteiger partial charge in [0.05, 0.1) is 38.5 Å². The number of morpholine rings is 2. The zero-order valence-corrected chi connectivity index (χ0v) is 12.6. The molecule has 0 aliphatic carbocycles. The topological polar surface area (TPSA) is 37.8 Å². The normalized spacial score (nSPS) is 32.5. The second kappa shape index (κ2) is 5.46. The van der Waals surface area contributed by atoms with E-state index in [0.717, 1.165) is 38.8 Å². The highest BCUT2D eigenvalue weighted by Crippen LogP contribution is 2.34. The van der Waals surface area contributed by atoms with Crippen LogP contribution in [-0.2, 0) is 9.47 Å². The number of anilines is 2. The Morgan fingerprint density at radius 1 is 1.14 bits per heavy atom. The van der Waals surface area contributed by atoms with Crippen molar-refractivity contribution in [2.75, 3.05) is 42.8 Å². The average molecular weight is 289 g/mol. The summed E-state index contributed by atoms with van der Waals surface area (Å²) in [5, 5.41) is 0. The summed E-state index contributed by atoms with van der Waals surface area (Å²) in [4.78, 5) is 9.55. The Balaban J connectivity index is 1.61. The number of rotatable bonds is 2. The van der Waals surface area contributed by atoms with E-state index in [4.69, 9.17) is 9.47 Å². The molecule has 0 aromatic carbocycles. The monoisotopic (exact) mass is 289 g/mol. The molecule has 3 aliphatic heterocycles. The van der Waals surface area contributed by atoms with Crippen molar-refractivity contribution in [1.82, 2.24) is 4.98 Å². The Morgan fingerprint density at radius 3 is 2.71 bits per heavy atom. The van der Waals surface area contributed by atoms with E-state index in [1.165, 1.54) is 18.5 Å². The van der Waals surface area contributed by atoms with Crippen LogP contribution in [0.3, 0.4) is 0 Å². The van der Waals surface area contributed by atoms with E-state index in [-0.39, 0.29) is 0 Å². The molecule has 3 fully saturated rings. The summed E-state index contributed by atoms with van der Waals surface area (Å²) in [7, 11) is 0. The second-order valence-corrected chi connectivity index (χ2v) is 6.32. The lowest BCUT2D eigenvalue weighted by atomic mass is 10.2. The molecule has 0 saturated carbocycles. The molecule has 4 heterocycles. The Hall–Kier alpha value is -1.33. The molecule has 0 amide bonds. The fraction of sp³-hybridized carbons (Fsp3) is 0.688. The van der Waals surface area contributed by atoms with Crippen LogP contribution in [0.2, 0.25) is 0 Å². The van der Waals surface area contributed by atoms with Gasteiger partial charge in [0.2, 0.25) is 0 Å². The maximum atomic E-state index is 5.68. The number of pyridine rings is 1. The van der Waals surface area contributed by atoms with Crippen LogP contribution in [0.5, 0.6) is 0 Å². The van der Waals surface area contributed by atoms with Gasteiger partial charge in [-0.15, -0.1) is 0 Å². The molecular formula is C16H23N3O2. The quantitative estimate of drug-likeness (QED) is 0.828. The highest BCUT2D eigenvalue weighted by Gasteiger charge is 2.38. The predicted octanol–water partition coefficient (Wildman–Crippen LogP) is 1.67. The molecule has 21 heavy (non-hydrogen) atoms. The fourth-order valence-electron chi connectivity index (χ4n) is 3.84. The van der Waals surface area contributed by atoms with Gasteiger partial charge in [-0.25, -0.2) is 4.98 Å². The van der Waals surface area contributed by atoms with Crippen LogP contribution in [0.1, 0.15) is 19.8 Å². The molecule has 0 radical (unpaired) electrons. The molecule has 0 spiro atoms. The summed E-state index contributed by atoms with van der Waals surface area (Å²) >= 11 is 0. The largest absolute Gasteiger partial charge is 0.377 e. The van der Waals surface area contributed by atoms with E-state index in [0.29, 0.717) is 18.1 Å². The molecule has 3 aliphatic rings. The average Bonchev–Trinajstić information content (AvgIpc) is 2.77. The molecule has 3 saturated heterocycles. The molecule has 1 aromatic heterocycles. The molecule has 4 rings (SSSR count). The van der Waals surface area contributed by atoms with E-state index < -0.39 is 0 Å². The predicted molar refractivity (Wildman–Crippen MR) is 82.0 cm³/mol. The highest BCUT2D eigenvalue weighted by atomic mass is 16.5. The Morgan fingerprint density at radius 2 is 1.95 bits per heavy atom. The maximum absolute atomic E-state index is 5.68. The third-order valence-electron chi connectivity index (χ3n) is 4.93. The van der Waals surface area contributed by atoms with Crippen LogP contribution in [0.15, 0.2) is 18.3 Å². The molecule has 1 aromatic rings. The summed E-state index contributed by atoms with van der Waals surface area (Å²) in [6.45, 7) is 6.48. The molecule has 2 bridgehead atoms. The van der Waals surface area contributed by atoms with E-state index in [9.17, 15) is 0 Å². The van der Waals surface area contributed by atoms with Crippen LogP contribution < -0.4 is 9.80 Å². The van der Waals surface area contributed by atoms with Gasteiger partial charge in [0.25, 0.3) is 0 Å². The van der Waals surface area contributed by atoms with Gasteiger partial charge in [0.1, 0.15) is 5.82 Å². The smallest absolute Gasteiger partial charge is 0.131 e. The Labute approximate surface area is 125 Å². The highest BCUT2D eigenvalue weighted by molar-refractivity contribution is 5.57. The number of hydrogen-bond donors (Lipinski definition) is 0. The molecule has 5 nitrogen and oxygen atoms in total. The molecule has 0 unspecified atom stereocenters. The third-order valence-corrected chi connectivity index (χ3v) is 4.93. The summed E-state index contributed by atoms with van der Waals surface area (Å²) in [6.07, 6.45) is 4.40. The molecule has 114 valence electrons. The van der Waals surface area contributed by atoms with Crippen LogP contribution in [0.4, 0.5) is 11.5 Å². The van der Waals surface area contributed by atoms with Gasteiger partial charge < -0.3 is 19.3 Å². The third kappa shape index (κ3) is 2.38. The Bertz CT molecular complexity index is 494. The van der Waals surface area contributed by atoms with E-state index in [1.807, 2.05) is 6.20 Å². The number of fused-ring (bicyclic) bond motifs is 2. The van der Waals surface area contributed by atoms with Gasteiger partial charge in [-0.05, 0) is 25.8 Å². The van der Waals surface area contributed by atoms with Crippen molar-refractivity contribution < 1.29 is 9.47 Å². The number of nitrogens with zero attached hydrogens (tertiary/aromatic N) is 3. The SMILES string of the molecule is C[C@H]1COCCN1c1ccnc(N2[C@@H]3CC[C@H]2COC3)c1. The van der Waals surface area contributed by atoms with Crippen LogP contribution in [0, 0.1) is 0 Å². The van der Waals surface area contributed by atoms with Gasteiger partial charge in [-0.2, -0.15) is 0 Å². The summed E-state index contributed by atoms with van der Waals surface area (Å²) < 4.78 is 11.2. The fourth-order valence-corrected chi connectivity index (χ4v) is 3.84. The van der Waals surface area contributed by atoms with Gasteiger partial charge in [-0.1, -0.05) is 0 Å². The van der Waals surface area contributed by atoms with Crippen molar-refractivity contribution >= 4 is 11.5 Å². The van der Waals surface area contributed by atoms with Crippen molar-refractivity contribution in [3.8, 4) is 0 Å². The number of ether oxygens (including phenoxy) is 2. The van der Waals surface area contributed by atoms with Crippen molar-refractivity contribution in [2.24, 2.45) is 0 Å². The van der Waals surface area contributed by atoms with Crippen LogP contribution in [-0.4, -0.2) is 56.1 Å². The van der Waals surface area contributed by atoms with Gasteiger partial charge in [0.15, 0.2) is 0 Å². The first kappa shape index (κ1) is 13.3. The van der Waals surface area contributed by atoms with Crippen molar-refractivity contribution in [3.63, 3.8) is 0 Å². The summed E-state index contributed by atoms with van der Waals surface area (Å²) in [5.74, 6) is 1.11. The van der Waals surface area contributed by atoms with Crippen molar-refractivity contribution in [1.29, 1.82) is 0 Å². The zero-order chi connectivity index (χ0) is 14.2. The van der Waals surface area contributed by atoms with Gasteiger partial charge in [0, 0.05) is 30.5 Å². The van der Waals surface area contributed by atoms with Crippen LogP contribution in [0.25, 0.3) is 0 Å². The lowest BCUT2D eigenvalue weighted by molar-refractivity contribution is 0.0902. The minimum Gasteiger partial charge on any atom is -0.377 e. The second-order valence-electron chi connectivity index (χ2n) is 6.32. The molecular weight excluding hydrogens is 266 g/mol. The standard InChI is InChI=1S/C16H23N3O2/c1-12-9-20-7-6-18(12)13-4-5-17-16(8-13)19-14-2-3-15(19)11-21-10-14/h4-5,8,12,14-15H,2-3,6-7,9-11H2,1H3/t12-,14-,15+/m0/s1. The lowest BCUT2D eigenvalue weighted by Crippen LogP contribution is -2.47. The van der Waals surface area contributed by atoms with E-state index >= 15 is 0 Å². The number of hydrogen-bond acceptors (Lipinski definition) is 5. The minimum atomic E-state index is 0.426. The molecule has 0 N–H and O–H groups in total. The first-order valence-corrected chi connectivity index (χ1v) is 7.99. The Kier molecular flexibility index (Phi) is 3.47. The summed E-state index contributed by atoms with van der Waals surface area (Å²) in [5.41, 5.74) is 1.27. The number of aromatic nitrogens is 1. The lowest BCUT2D eigenvalue weighted by Gasteiger charge is -2.38. The van der Waals surface area contributed by atoms with E-state index in [2.05, 4.69) is 33.8 Å². The van der Waals surface area contributed by atoms with Crippen LogP contribution >= 0.6 is 0 Å². The molecule has 5 heteroatoms. The van der Waals surface area contributed by atoms with E-state index in [1.54, 1.807) is 0 Å². The zero-order valence-electron chi connectivity index (χ0n) is 12.6. The van der Waals surface area contributed by atoms with Gasteiger partial charge in [-0.3, -0.25) is 0 Å². The van der Waals surface area contributed by atoms with Gasteiger partial charge >= 0.3 is 0 Å². The first-order valence-electron chi connectivity index (χ1n) is 7.99. The minimum absolute atomic E-state index is 0.426. The maximum Gasteiger partial charge on any atom is 0.131 e. The molecule has 3 atom stereocenters. The van der Waals surface area contributed by atoms with Crippen molar-refractivity contribution in [3.05, 3.63) is 18.3 Å². The summed E-state index contributed by atoms with van der Waals surface area (Å²) in [6, 6.07) is 5.81. The van der Waals surface area contributed by atoms with Crippen molar-refractivity contribution in [2.45, 2.75) is 37.9 Å².